The molecule has 0 saturated heterocycles. The van der Waals surface area contributed by atoms with Crippen LogP contribution in [0.15, 0.2) is 71.9 Å². The molecule has 0 saturated carbocycles. The summed E-state index contributed by atoms with van der Waals surface area (Å²) >= 11 is 7.21. The van der Waals surface area contributed by atoms with E-state index in [1.54, 1.807) is 25.1 Å². The van der Waals surface area contributed by atoms with Crippen molar-refractivity contribution in [2.75, 3.05) is 17.7 Å². The number of pyridine rings is 1. The van der Waals surface area contributed by atoms with E-state index in [-0.39, 0.29) is 5.37 Å². The maximum Gasteiger partial charge on any atom is 0.171 e. The first-order valence-corrected chi connectivity index (χ1v) is 10.1. The van der Waals surface area contributed by atoms with Gasteiger partial charge >= 0.3 is 0 Å². The number of nitrogens with zero attached hydrogens (tertiary/aromatic N) is 1. The van der Waals surface area contributed by atoms with Crippen molar-refractivity contribution in [2.24, 2.45) is 0 Å². The molecule has 5 nitrogen and oxygen atoms in total. The second-order valence-corrected chi connectivity index (χ2v) is 7.85. The molecule has 2 heterocycles. The van der Waals surface area contributed by atoms with Crippen molar-refractivity contribution in [1.82, 2.24) is 10.3 Å². The number of nitrogens with one attached hydrogen (secondary N) is 3. The highest BCUT2D eigenvalue weighted by Crippen LogP contribution is 2.46. The summed E-state index contributed by atoms with van der Waals surface area (Å²) in [6, 6.07) is 18.2. The molecule has 0 fully saturated rings. The zero-order valence-electron chi connectivity index (χ0n) is 15.3. The topological polar surface area (TPSA) is 58.2 Å². The number of methoxy groups -OCH3 is 1. The van der Waals surface area contributed by atoms with Gasteiger partial charge in [0.25, 0.3) is 0 Å². The first kappa shape index (κ1) is 18.6. The molecule has 0 bridgehead atoms. The summed E-state index contributed by atoms with van der Waals surface area (Å²) in [4.78, 5) is 5.36. The molecule has 7 heteroatoms. The number of ether oxygens (including phenoxy) is 1. The molecule has 1 unspecified atom stereocenters. The van der Waals surface area contributed by atoms with E-state index in [9.17, 15) is 0 Å². The van der Waals surface area contributed by atoms with Gasteiger partial charge in [-0.3, -0.25) is 4.98 Å². The highest BCUT2D eigenvalue weighted by molar-refractivity contribution is 8.00. The lowest BCUT2D eigenvalue weighted by molar-refractivity contribution is 0.414. The highest BCUT2D eigenvalue weighted by atomic mass is 32.2. The summed E-state index contributed by atoms with van der Waals surface area (Å²) in [5.41, 5.74) is 4.40. The average Bonchev–Trinajstić information content (AvgIpc) is 3.17. The van der Waals surface area contributed by atoms with Gasteiger partial charge in [-0.25, -0.2) is 0 Å². The summed E-state index contributed by atoms with van der Waals surface area (Å²) in [5.74, 6) is 0.845. The molecule has 2 aromatic carbocycles. The summed E-state index contributed by atoms with van der Waals surface area (Å²) in [5, 5.41) is 10.8. The van der Waals surface area contributed by atoms with E-state index < -0.39 is 0 Å². The Kier molecular flexibility index (Phi) is 5.64. The lowest BCUT2D eigenvalue weighted by Gasteiger charge is -2.14. The van der Waals surface area contributed by atoms with Crippen molar-refractivity contribution in [2.45, 2.75) is 16.8 Å². The van der Waals surface area contributed by atoms with Gasteiger partial charge in [0.1, 0.15) is 11.1 Å². The number of rotatable bonds is 5. The molecule has 3 N–H and O–H groups in total. The van der Waals surface area contributed by atoms with Crippen LogP contribution in [0.4, 0.5) is 11.4 Å². The fourth-order valence-electron chi connectivity index (χ4n) is 2.92. The Morgan fingerprint density at radius 3 is 2.86 bits per heavy atom. The Morgan fingerprint density at radius 2 is 2.07 bits per heavy atom. The quantitative estimate of drug-likeness (QED) is 0.525. The number of anilines is 2. The van der Waals surface area contributed by atoms with E-state index in [4.69, 9.17) is 17.0 Å². The fraction of sp³-hybridized carbons (Fsp3) is 0.143. The predicted octanol–water partition coefficient (Wildman–Crippen LogP) is 4.79. The lowest BCUT2D eigenvalue weighted by Crippen LogP contribution is -2.27. The van der Waals surface area contributed by atoms with E-state index in [0.29, 0.717) is 11.7 Å². The van der Waals surface area contributed by atoms with Gasteiger partial charge in [-0.2, -0.15) is 0 Å². The van der Waals surface area contributed by atoms with Crippen molar-refractivity contribution in [3.8, 4) is 5.75 Å². The molecular formula is C21H20N4OS2. The lowest BCUT2D eigenvalue weighted by atomic mass is 10.2. The number of hydrogen-bond acceptors (Lipinski definition) is 5. The first-order valence-electron chi connectivity index (χ1n) is 8.86. The summed E-state index contributed by atoms with van der Waals surface area (Å²) < 4.78 is 5.18. The van der Waals surface area contributed by atoms with Crippen LogP contribution in [0, 0.1) is 0 Å². The molecule has 28 heavy (non-hydrogen) atoms. The number of thioether (sulfide) groups is 1. The minimum Gasteiger partial charge on any atom is -0.497 e. The fourth-order valence-corrected chi connectivity index (χ4v) is 4.21. The van der Waals surface area contributed by atoms with Crippen LogP contribution in [0.2, 0.25) is 0 Å². The van der Waals surface area contributed by atoms with Crippen LogP contribution in [0.5, 0.6) is 5.75 Å². The van der Waals surface area contributed by atoms with E-state index in [2.05, 4.69) is 33.1 Å². The third kappa shape index (κ3) is 4.37. The van der Waals surface area contributed by atoms with Crippen molar-refractivity contribution < 1.29 is 4.74 Å². The van der Waals surface area contributed by atoms with Crippen LogP contribution in [-0.4, -0.2) is 17.2 Å². The molecule has 3 aromatic rings. The summed E-state index contributed by atoms with van der Waals surface area (Å²) in [6.07, 6.45) is 3.70. The van der Waals surface area contributed by atoms with E-state index >= 15 is 0 Å². The standard InChI is InChI=1S/C21H20N4OS2/c1-26-17-7-5-14(6-8-17)12-23-21(27)24-16-4-2-3-15(11-16)20-25-18-9-10-22-13-19(18)28-20/h2-11,13,20,25H,12H2,1H3,(H2,23,24,27). The maximum absolute atomic E-state index is 5.44. The summed E-state index contributed by atoms with van der Waals surface area (Å²) in [6.45, 7) is 0.651. The molecular weight excluding hydrogens is 388 g/mol. The van der Waals surface area contributed by atoms with Crippen LogP contribution in [-0.2, 0) is 6.54 Å². The number of aromatic nitrogens is 1. The van der Waals surface area contributed by atoms with Gasteiger partial charge in [0.15, 0.2) is 5.11 Å². The smallest absolute Gasteiger partial charge is 0.171 e. The normalized spacial score (nSPS) is 14.7. The van der Waals surface area contributed by atoms with Crippen LogP contribution in [0.25, 0.3) is 0 Å². The predicted molar refractivity (Wildman–Crippen MR) is 119 cm³/mol. The van der Waals surface area contributed by atoms with E-state index in [0.717, 1.165) is 22.7 Å². The zero-order chi connectivity index (χ0) is 19.3. The molecule has 142 valence electrons. The third-order valence-electron chi connectivity index (χ3n) is 4.38. The molecule has 1 aliphatic rings. The Bertz CT molecular complexity index is 953. The van der Waals surface area contributed by atoms with Gasteiger partial charge in [0, 0.05) is 24.6 Å². The Hall–Kier alpha value is -2.77. The highest BCUT2D eigenvalue weighted by Gasteiger charge is 2.22. The number of thiocarbonyl (C=S) groups is 1. The second kappa shape index (κ2) is 8.50. The van der Waals surface area contributed by atoms with Gasteiger partial charge in [0.2, 0.25) is 0 Å². The average molecular weight is 409 g/mol. The van der Waals surface area contributed by atoms with Gasteiger partial charge < -0.3 is 20.7 Å². The van der Waals surface area contributed by atoms with Crippen molar-refractivity contribution >= 4 is 40.5 Å². The molecule has 1 aliphatic heterocycles. The van der Waals surface area contributed by atoms with Crippen LogP contribution in [0.1, 0.15) is 16.5 Å². The third-order valence-corrected chi connectivity index (χ3v) is 5.83. The van der Waals surface area contributed by atoms with Gasteiger partial charge in [-0.1, -0.05) is 36.0 Å². The van der Waals surface area contributed by atoms with Crippen molar-refractivity contribution in [3.05, 3.63) is 78.1 Å². The van der Waals surface area contributed by atoms with Crippen LogP contribution in [0.3, 0.4) is 0 Å². The van der Waals surface area contributed by atoms with Crippen molar-refractivity contribution in [3.63, 3.8) is 0 Å². The molecule has 0 amide bonds. The van der Waals surface area contributed by atoms with E-state index in [1.807, 2.05) is 48.7 Å². The zero-order valence-corrected chi connectivity index (χ0v) is 16.9. The number of benzene rings is 2. The van der Waals surface area contributed by atoms with Gasteiger partial charge in [-0.15, -0.1) is 0 Å². The number of fused-ring (bicyclic) bond motifs is 1. The monoisotopic (exact) mass is 408 g/mol. The number of hydrogen-bond donors (Lipinski definition) is 3. The first-order chi connectivity index (χ1) is 13.7. The van der Waals surface area contributed by atoms with Crippen LogP contribution >= 0.6 is 24.0 Å². The Morgan fingerprint density at radius 1 is 1.21 bits per heavy atom. The molecule has 4 rings (SSSR count). The van der Waals surface area contributed by atoms with Gasteiger partial charge in [0.05, 0.1) is 17.7 Å². The maximum atomic E-state index is 5.44. The Balaban J connectivity index is 1.35. The Labute approximate surface area is 173 Å². The van der Waals surface area contributed by atoms with Crippen LogP contribution < -0.4 is 20.7 Å². The molecule has 0 spiro atoms. The SMILES string of the molecule is COc1ccc(CNC(=S)Nc2cccc(C3Nc4ccncc4S3)c2)cc1. The van der Waals surface area contributed by atoms with Gasteiger partial charge in [-0.05, 0) is 53.7 Å². The molecule has 1 atom stereocenters. The molecule has 1 aromatic heterocycles. The minimum atomic E-state index is 0.168. The second-order valence-electron chi connectivity index (χ2n) is 6.30. The summed E-state index contributed by atoms with van der Waals surface area (Å²) in [7, 11) is 1.66. The van der Waals surface area contributed by atoms with Crippen molar-refractivity contribution in [1.29, 1.82) is 0 Å². The minimum absolute atomic E-state index is 0.168. The van der Waals surface area contributed by atoms with E-state index in [1.165, 1.54) is 10.5 Å². The largest absolute Gasteiger partial charge is 0.497 e. The molecule has 0 radical (unpaired) electrons. The molecule has 0 aliphatic carbocycles.